The van der Waals surface area contributed by atoms with E-state index in [-0.39, 0.29) is 11.7 Å². The molecular formula is C25H23ClN6OS. The van der Waals surface area contributed by atoms with Gasteiger partial charge in [0, 0.05) is 42.4 Å². The Morgan fingerprint density at radius 2 is 1.76 bits per heavy atom. The number of pyridine rings is 1. The normalized spacial score (nSPS) is 13.3. The maximum Gasteiger partial charge on any atom is 0.234 e. The van der Waals surface area contributed by atoms with Gasteiger partial charge in [-0.3, -0.25) is 14.3 Å². The molecule has 5 rings (SSSR count). The molecule has 7 nitrogen and oxygen atoms in total. The highest BCUT2D eigenvalue weighted by Gasteiger charge is 2.18. The Kier molecular flexibility index (Phi) is 6.78. The first-order valence-electron chi connectivity index (χ1n) is 11.1. The summed E-state index contributed by atoms with van der Waals surface area (Å²) in [5, 5.41) is 13.0. The zero-order valence-electron chi connectivity index (χ0n) is 18.4. The molecule has 9 heteroatoms. The molecule has 0 bridgehead atoms. The number of thioether (sulfide) groups is 1. The molecule has 1 fully saturated rings. The van der Waals surface area contributed by atoms with E-state index >= 15 is 0 Å². The van der Waals surface area contributed by atoms with Gasteiger partial charge >= 0.3 is 0 Å². The molecule has 4 aromatic rings. The largest absolute Gasteiger partial charge is 0.370 e. The summed E-state index contributed by atoms with van der Waals surface area (Å²) in [7, 11) is 0. The molecular weight excluding hydrogens is 468 g/mol. The summed E-state index contributed by atoms with van der Waals surface area (Å²) in [5.74, 6) is 0.746. The van der Waals surface area contributed by atoms with Crippen molar-refractivity contribution in [1.29, 1.82) is 0 Å². The van der Waals surface area contributed by atoms with Gasteiger partial charge in [0.15, 0.2) is 11.0 Å². The van der Waals surface area contributed by atoms with Crippen LogP contribution in [-0.2, 0) is 4.79 Å². The van der Waals surface area contributed by atoms with Gasteiger partial charge in [-0.15, -0.1) is 10.2 Å². The Labute approximate surface area is 207 Å². The van der Waals surface area contributed by atoms with Crippen LogP contribution in [0.5, 0.6) is 0 Å². The van der Waals surface area contributed by atoms with Gasteiger partial charge in [0.05, 0.1) is 16.5 Å². The van der Waals surface area contributed by atoms with E-state index in [1.807, 2.05) is 65.2 Å². The number of rotatable bonds is 7. The van der Waals surface area contributed by atoms with Crippen molar-refractivity contribution in [1.82, 2.24) is 19.7 Å². The molecule has 0 aliphatic carbocycles. The molecule has 2 aromatic carbocycles. The van der Waals surface area contributed by atoms with Gasteiger partial charge in [-0.2, -0.15) is 0 Å². The zero-order valence-corrected chi connectivity index (χ0v) is 20.0. The summed E-state index contributed by atoms with van der Waals surface area (Å²) < 4.78 is 1.95. The van der Waals surface area contributed by atoms with Crippen LogP contribution in [0.2, 0.25) is 5.02 Å². The van der Waals surface area contributed by atoms with Crippen molar-refractivity contribution in [3.63, 3.8) is 0 Å². The summed E-state index contributed by atoms with van der Waals surface area (Å²) >= 11 is 7.82. The molecule has 172 valence electrons. The number of para-hydroxylation sites is 1. The number of halogens is 1. The van der Waals surface area contributed by atoms with Gasteiger partial charge < -0.3 is 10.2 Å². The summed E-state index contributed by atoms with van der Waals surface area (Å²) in [6.45, 7) is 2.04. The zero-order chi connectivity index (χ0) is 23.3. The van der Waals surface area contributed by atoms with Gasteiger partial charge in [-0.05, 0) is 55.3 Å². The minimum absolute atomic E-state index is 0.136. The van der Waals surface area contributed by atoms with Crippen molar-refractivity contribution in [2.75, 3.05) is 29.1 Å². The molecule has 3 heterocycles. The molecule has 1 aliphatic heterocycles. The Morgan fingerprint density at radius 1 is 1.00 bits per heavy atom. The Morgan fingerprint density at radius 3 is 2.50 bits per heavy atom. The average molecular weight is 491 g/mol. The predicted octanol–water partition coefficient (Wildman–Crippen LogP) is 5.31. The van der Waals surface area contributed by atoms with E-state index in [1.54, 1.807) is 12.4 Å². The number of benzene rings is 2. The number of hydrogen-bond donors (Lipinski definition) is 1. The first-order valence-corrected chi connectivity index (χ1v) is 12.4. The van der Waals surface area contributed by atoms with E-state index in [9.17, 15) is 4.79 Å². The number of hydrogen-bond acceptors (Lipinski definition) is 6. The van der Waals surface area contributed by atoms with E-state index < -0.39 is 0 Å². The Balaban J connectivity index is 1.31. The molecule has 1 aliphatic rings. The van der Waals surface area contributed by atoms with E-state index in [4.69, 9.17) is 11.6 Å². The molecule has 0 atom stereocenters. The van der Waals surface area contributed by atoms with E-state index in [0.29, 0.717) is 21.7 Å². The standard InChI is InChI=1S/C25H23ClN6OS/c26-21-16-19(8-9-22(21)31-14-4-5-15-31)28-23(33)17-34-25-30-29-24(18-10-12-27-13-11-18)32(25)20-6-2-1-3-7-20/h1-3,6-13,16H,4-5,14-15,17H2,(H,28,33). The van der Waals surface area contributed by atoms with E-state index in [0.717, 1.165) is 30.0 Å². The number of nitrogens with one attached hydrogen (secondary N) is 1. The van der Waals surface area contributed by atoms with Gasteiger partial charge in [0.25, 0.3) is 0 Å². The van der Waals surface area contributed by atoms with Crippen LogP contribution in [0.15, 0.2) is 78.2 Å². The molecule has 2 aromatic heterocycles. The SMILES string of the molecule is O=C(CSc1nnc(-c2ccncc2)n1-c1ccccc1)Nc1ccc(N2CCCC2)c(Cl)c1. The summed E-state index contributed by atoms with van der Waals surface area (Å²) in [6, 6.07) is 19.3. The van der Waals surface area contributed by atoms with Gasteiger partial charge in [-0.1, -0.05) is 41.6 Å². The lowest BCUT2D eigenvalue weighted by Crippen LogP contribution is -2.18. The molecule has 34 heavy (non-hydrogen) atoms. The lowest BCUT2D eigenvalue weighted by atomic mass is 10.2. The summed E-state index contributed by atoms with van der Waals surface area (Å²) in [4.78, 5) is 19.1. The molecule has 0 unspecified atom stereocenters. The highest BCUT2D eigenvalue weighted by molar-refractivity contribution is 7.99. The van der Waals surface area contributed by atoms with E-state index in [2.05, 4.69) is 25.4 Å². The second-order valence-corrected chi connectivity index (χ2v) is 9.26. The smallest absolute Gasteiger partial charge is 0.234 e. The number of nitrogens with zero attached hydrogens (tertiary/aromatic N) is 5. The molecule has 0 saturated carbocycles. The highest BCUT2D eigenvalue weighted by Crippen LogP contribution is 2.32. The molecule has 0 spiro atoms. The quantitative estimate of drug-likeness (QED) is 0.354. The fourth-order valence-corrected chi connectivity index (χ4v) is 5.04. The van der Waals surface area contributed by atoms with Crippen molar-refractivity contribution in [2.45, 2.75) is 18.0 Å². The van der Waals surface area contributed by atoms with Crippen molar-refractivity contribution in [3.8, 4) is 17.1 Å². The monoisotopic (exact) mass is 490 g/mol. The van der Waals surface area contributed by atoms with Crippen LogP contribution in [-0.4, -0.2) is 44.5 Å². The van der Waals surface area contributed by atoms with Crippen LogP contribution in [0.3, 0.4) is 0 Å². The average Bonchev–Trinajstić information content (AvgIpc) is 3.54. The maximum atomic E-state index is 12.7. The minimum atomic E-state index is -0.136. The van der Waals surface area contributed by atoms with Gasteiger partial charge in [0.1, 0.15) is 0 Å². The van der Waals surface area contributed by atoms with Gasteiger partial charge in [-0.25, -0.2) is 0 Å². The first-order chi connectivity index (χ1) is 16.7. The fraction of sp³-hybridized carbons (Fsp3) is 0.200. The fourth-order valence-electron chi connectivity index (χ4n) is 3.99. The van der Waals surface area contributed by atoms with Crippen molar-refractivity contribution in [3.05, 3.63) is 78.1 Å². The number of carbonyl (C=O) groups is 1. The van der Waals surface area contributed by atoms with Crippen molar-refractivity contribution < 1.29 is 4.79 Å². The molecule has 1 saturated heterocycles. The molecule has 1 N–H and O–H groups in total. The number of carbonyl (C=O) groups excluding carboxylic acids is 1. The van der Waals surface area contributed by atoms with Crippen LogP contribution in [0, 0.1) is 0 Å². The van der Waals surface area contributed by atoms with Crippen LogP contribution in [0.1, 0.15) is 12.8 Å². The van der Waals surface area contributed by atoms with Crippen LogP contribution in [0.4, 0.5) is 11.4 Å². The minimum Gasteiger partial charge on any atom is -0.370 e. The third-order valence-corrected chi connectivity index (χ3v) is 6.83. The number of amides is 1. The second-order valence-electron chi connectivity index (χ2n) is 7.91. The van der Waals surface area contributed by atoms with Crippen LogP contribution < -0.4 is 10.2 Å². The predicted molar refractivity (Wildman–Crippen MR) is 137 cm³/mol. The Hall–Kier alpha value is -3.36. The number of aromatic nitrogens is 4. The highest BCUT2D eigenvalue weighted by atomic mass is 35.5. The second kappa shape index (κ2) is 10.3. The first kappa shape index (κ1) is 22.4. The Bertz CT molecular complexity index is 1280. The third-order valence-electron chi connectivity index (χ3n) is 5.60. The maximum absolute atomic E-state index is 12.7. The van der Waals surface area contributed by atoms with Crippen LogP contribution in [0.25, 0.3) is 17.1 Å². The molecule has 1 amide bonds. The lowest BCUT2D eigenvalue weighted by Gasteiger charge is -2.19. The van der Waals surface area contributed by atoms with E-state index in [1.165, 1.54) is 24.6 Å². The summed E-state index contributed by atoms with van der Waals surface area (Å²) in [6.07, 6.45) is 5.81. The lowest BCUT2D eigenvalue weighted by molar-refractivity contribution is -0.113. The van der Waals surface area contributed by atoms with Crippen molar-refractivity contribution in [2.24, 2.45) is 0 Å². The summed E-state index contributed by atoms with van der Waals surface area (Å²) in [5.41, 5.74) is 3.52. The van der Waals surface area contributed by atoms with Crippen molar-refractivity contribution >= 4 is 40.6 Å². The third kappa shape index (κ3) is 4.93. The van der Waals surface area contributed by atoms with Gasteiger partial charge in [0.2, 0.25) is 5.91 Å². The number of anilines is 2. The molecule has 0 radical (unpaired) electrons. The van der Waals surface area contributed by atoms with Crippen LogP contribution >= 0.6 is 23.4 Å². The topological polar surface area (TPSA) is 75.9 Å².